The lowest BCUT2D eigenvalue weighted by atomic mass is 10.1. The van der Waals surface area contributed by atoms with E-state index in [4.69, 9.17) is 4.74 Å². The molecule has 1 saturated heterocycles. The Kier molecular flexibility index (Phi) is 5.50. The van der Waals surface area contributed by atoms with Crippen LogP contribution in [0.15, 0.2) is 49.2 Å². The van der Waals surface area contributed by atoms with Gasteiger partial charge in [-0.3, -0.25) is 4.57 Å². The number of imidazole rings is 1. The van der Waals surface area contributed by atoms with Gasteiger partial charge < -0.3 is 30.5 Å². The summed E-state index contributed by atoms with van der Waals surface area (Å²) in [6, 6.07) is 7.53. The first-order valence-corrected chi connectivity index (χ1v) is 11.1. The molecule has 1 aromatic carbocycles. The van der Waals surface area contributed by atoms with Gasteiger partial charge in [0.1, 0.15) is 18.3 Å². The van der Waals surface area contributed by atoms with Crippen molar-refractivity contribution in [1.29, 1.82) is 0 Å². The van der Waals surface area contributed by atoms with Crippen molar-refractivity contribution in [2.45, 2.75) is 31.1 Å². The highest BCUT2D eigenvalue weighted by atomic mass is 16.6. The number of nitrogens with one attached hydrogen (secondary N) is 1. The van der Waals surface area contributed by atoms with E-state index >= 15 is 0 Å². The van der Waals surface area contributed by atoms with E-state index in [0.717, 1.165) is 10.9 Å². The van der Waals surface area contributed by atoms with Gasteiger partial charge in [-0.05, 0) is 6.07 Å². The summed E-state index contributed by atoms with van der Waals surface area (Å²) in [6.45, 7) is -0.677. The third kappa shape index (κ3) is 3.73. The molecule has 14 nitrogen and oxygen atoms in total. The Labute approximate surface area is 202 Å². The number of hydrogen-bond donors (Lipinski definition) is 5. The molecule has 0 amide bonds. The molecular formula is C22H21N9O5. The fraction of sp³-hybridized carbons (Fsp3) is 0.273. The Morgan fingerprint density at radius 1 is 1.00 bits per heavy atom. The fourth-order valence-electron chi connectivity index (χ4n) is 4.08. The number of fused-ring (bicyclic) bond motifs is 2. The molecule has 4 aromatic heterocycles. The van der Waals surface area contributed by atoms with Crippen LogP contribution in [0.3, 0.4) is 0 Å². The minimum absolute atomic E-state index is 0.138. The first kappa shape index (κ1) is 22.4. The van der Waals surface area contributed by atoms with Gasteiger partial charge in [0.15, 0.2) is 23.2 Å². The molecule has 4 atom stereocenters. The molecule has 1 aliphatic heterocycles. The molecule has 0 saturated carbocycles. The summed E-state index contributed by atoms with van der Waals surface area (Å²) in [4.78, 5) is 22.4. The quantitative estimate of drug-likeness (QED) is 0.211. The molecule has 36 heavy (non-hydrogen) atoms. The van der Waals surface area contributed by atoms with E-state index in [1.807, 2.05) is 24.3 Å². The maximum atomic E-state index is 10.6. The average Bonchev–Trinajstić information content (AvgIpc) is 3.62. The van der Waals surface area contributed by atoms with Crippen LogP contribution in [0.2, 0.25) is 0 Å². The maximum absolute atomic E-state index is 10.6. The summed E-state index contributed by atoms with van der Waals surface area (Å²) in [5.41, 5.74) is 1.88. The number of benzene rings is 1. The molecule has 0 aliphatic carbocycles. The van der Waals surface area contributed by atoms with Crippen molar-refractivity contribution >= 4 is 33.8 Å². The number of rotatable bonds is 6. The summed E-state index contributed by atoms with van der Waals surface area (Å²) in [5.74, 6) is 0.675. The Morgan fingerprint density at radius 2 is 1.86 bits per heavy atom. The topological polar surface area (TPSA) is 189 Å². The third-order valence-electron chi connectivity index (χ3n) is 5.94. The second-order valence-electron chi connectivity index (χ2n) is 8.25. The second-order valence-corrected chi connectivity index (χ2v) is 8.25. The van der Waals surface area contributed by atoms with Crippen LogP contribution < -0.4 is 5.32 Å². The van der Waals surface area contributed by atoms with Gasteiger partial charge in [0, 0.05) is 23.3 Å². The smallest absolute Gasteiger partial charge is 0.254 e. The van der Waals surface area contributed by atoms with Crippen LogP contribution in [-0.2, 0) is 11.3 Å². The van der Waals surface area contributed by atoms with Crippen molar-refractivity contribution in [2.75, 3.05) is 11.9 Å². The Morgan fingerprint density at radius 3 is 2.64 bits per heavy atom. The van der Waals surface area contributed by atoms with Crippen molar-refractivity contribution in [1.82, 2.24) is 39.3 Å². The SMILES string of the molecule is OCc1cnn(-c2nc(Nc3ncc4ccccc4n3)c3ncn([C@@H]4O[C@H](CO)[C@@H](O)[C@H]4O)c3n2)c1. The average molecular weight is 491 g/mol. The Hall–Kier alpha value is -4.08. The highest BCUT2D eigenvalue weighted by molar-refractivity contribution is 5.86. The Balaban J connectivity index is 1.47. The molecule has 1 fully saturated rings. The van der Waals surface area contributed by atoms with E-state index < -0.39 is 31.1 Å². The number of aliphatic hydroxyl groups excluding tert-OH is 4. The zero-order chi connectivity index (χ0) is 24.8. The van der Waals surface area contributed by atoms with Crippen LogP contribution in [0.1, 0.15) is 11.8 Å². The number of anilines is 2. The van der Waals surface area contributed by atoms with E-state index in [1.165, 1.54) is 21.8 Å². The third-order valence-corrected chi connectivity index (χ3v) is 5.94. The number of para-hydroxylation sites is 1. The zero-order valence-electron chi connectivity index (χ0n) is 18.6. The molecule has 6 rings (SSSR count). The number of aliphatic hydroxyl groups is 4. The minimum atomic E-state index is -1.33. The van der Waals surface area contributed by atoms with Gasteiger partial charge in [0.05, 0.1) is 31.3 Å². The largest absolute Gasteiger partial charge is 0.394 e. The number of hydrogen-bond acceptors (Lipinski definition) is 12. The molecule has 0 radical (unpaired) electrons. The second kappa shape index (κ2) is 8.85. The van der Waals surface area contributed by atoms with Gasteiger partial charge in [-0.1, -0.05) is 18.2 Å². The first-order chi connectivity index (χ1) is 17.6. The minimum Gasteiger partial charge on any atom is -0.394 e. The number of aromatic nitrogens is 8. The van der Waals surface area contributed by atoms with E-state index in [-0.39, 0.29) is 30.0 Å². The van der Waals surface area contributed by atoms with E-state index in [2.05, 4.69) is 35.3 Å². The zero-order valence-corrected chi connectivity index (χ0v) is 18.6. The van der Waals surface area contributed by atoms with Gasteiger partial charge in [0.25, 0.3) is 5.95 Å². The van der Waals surface area contributed by atoms with Crippen molar-refractivity contribution in [3.05, 3.63) is 54.7 Å². The van der Waals surface area contributed by atoms with Crippen LogP contribution in [-0.4, -0.2) is 84.6 Å². The van der Waals surface area contributed by atoms with Gasteiger partial charge >= 0.3 is 0 Å². The van der Waals surface area contributed by atoms with Gasteiger partial charge in [0.2, 0.25) is 5.95 Å². The molecule has 184 valence electrons. The van der Waals surface area contributed by atoms with Crippen LogP contribution in [0, 0.1) is 0 Å². The maximum Gasteiger partial charge on any atom is 0.254 e. The summed E-state index contributed by atoms with van der Waals surface area (Å²) >= 11 is 0. The predicted molar refractivity (Wildman–Crippen MR) is 124 cm³/mol. The standard InChI is InChI=1S/C22H21N9O5/c32-8-11-5-25-31(7-11)22-28-18(27-21-23-6-12-3-1-2-4-13(12)26-21)15-19(29-22)30(10-24-15)20-17(35)16(34)14(9-33)36-20/h1-7,10,14,16-17,20,32-35H,8-9H2,(H,23,26,27,28,29)/t14-,16-,17-,20-/m1/s1. The summed E-state index contributed by atoms with van der Waals surface area (Å²) in [5, 5.41) is 47.9. The van der Waals surface area contributed by atoms with Crippen molar-refractivity contribution in [2.24, 2.45) is 0 Å². The van der Waals surface area contributed by atoms with Crippen LogP contribution in [0.5, 0.6) is 0 Å². The van der Waals surface area contributed by atoms with Crippen LogP contribution >= 0.6 is 0 Å². The molecule has 5 aromatic rings. The van der Waals surface area contributed by atoms with E-state index in [0.29, 0.717) is 11.1 Å². The number of ether oxygens (including phenoxy) is 1. The highest BCUT2D eigenvalue weighted by Crippen LogP contribution is 2.33. The lowest BCUT2D eigenvalue weighted by Crippen LogP contribution is -2.33. The van der Waals surface area contributed by atoms with Gasteiger partial charge in [-0.25, -0.2) is 19.6 Å². The summed E-state index contributed by atoms with van der Waals surface area (Å²) in [7, 11) is 0. The number of nitrogens with zero attached hydrogens (tertiary/aromatic N) is 8. The fourth-order valence-corrected chi connectivity index (χ4v) is 4.08. The molecule has 0 unspecified atom stereocenters. The first-order valence-electron chi connectivity index (χ1n) is 11.1. The van der Waals surface area contributed by atoms with E-state index in [9.17, 15) is 20.4 Å². The normalized spacial score (nSPS) is 22.0. The molecule has 5 N–H and O–H groups in total. The summed E-state index contributed by atoms with van der Waals surface area (Å²) < 4.78 is 8.51. The van der Waals surface area contributed by atoms with Crippen LogP contribution in [0.25, 0.3) is 28.0 Å². The summed E-state index contributed by atoms with van der Waals surface area (Å²) in [6.07, 6.45) is 1.50. The molecule has 1 aliphatic rings. The molecule has 14 heteroatoms. The molecule has 5 heterocycles. The molecule has 0 spiro atoms. The predicted octanol–water partition coefficient (Wildman–Crippen LogP) is -0.197. The monoisotopic (exact) mass is 491 g/mol. The van der Waals surface area contributed by atoms with Crippen LogP contribution in [0.4, 0.5) is 11.8 Å². The van der Waals surface area contributed by atoms with Crippen molar-refractivity contribution < 1.29 is 25.2 Å². The highest BCUT2D eigenvalue weighted by Gasteiger charge is 2.44. The van der Waals surface area contributed by atoms with Crippen molar-refractivity contribution in [3.63, 3.8) is 0 Å². The van der Waals surface area contributed by atoms with Gasteiger partial charge in [-0.15, -0.1) is 0 Å². The Bertz CT molecular complexity index is 1550. The molecular weight excluding hydrogens is 470 g/mol. The molecule has 0 bridgehead atoms. The van der Waals surface area contributed by atoms with Crippen molar-refractivity contribution in [3.8, 4) is 5.95 Å². The van der Waals surface area contributed by atoms with E-state index in [1.54, 1.807) is 12.4 Å². The lowest BCUT2D eigenvalue weighted by Gasteiger charge is -2.17. The lowest BCUT2D eigenvalue weighted by molar-refractivity contribution is -0.0511. The van der Waals surface area contributed by atoms with Gasteiger partial charge in [-0.2, -0.15) is 15.1 Å².